The van der Waals surface area contributed by atoms with Gasteiger partial charge in [-0.1, -0.05) is 24.3 Å². The maximum atomic E-state index is 12.3. The molecule has 5 nitrogen and oxygen atoms in total. The van der Waals surface area contributed by atoms with Crippen LogP contribution < -0.4 is 26.2 Å². The number of nitrogen functional groups attached to an aromatic ring is 1. The van der Waals surface area contributed by atoms with E-state index in [0.29, 0.717) is 5.69 Å². The quantitative estimate of drug-likeness (QED) is 0.572. The smallest absolute Gasteiger partial charge is 0.231 e. The molecule has 0 spiro atoms. The number of hydrogen-bond acceptors (Lipinski definition) is 5. The number of nitrogens with one attached hydrogen (secondary N) is 1. The number of fused-ring (bicyclic) bond motifs is 1. The minimum atomic E-state index is -0.287. The molecule has 0 aliphatic carbocycles. The molecule has 3 aromatic carbocycles. The van der Waals surface area contributed by atoms with Gasteiger partial charge in [-0.2, -0.15) is 0 Å². The van der Waals surface area contributed by atoms with Crippen LogP contribution in [0.5, 0.6) is 11.5 Å². The first kappa shape index (κ1) is 15.8. The van der Waals surface area contributed by atoms with Crippen LogP contribution in [0.2, 0.25) is 0 Å². The topological polar surface area (TPSA) is 73.6 Å². The van der Waals surface area contributed by atoms with E-state index in [4.69, 9.17) is 15.3 Å². The zero-order valence-electron chi connectivity index (χ0n) is 12.7. The van der Waals surface area contributed by atoms with E-state index in [2.05, 4.69) is 5.43 Å². The van der Waals surface area contributed by atoms with Gasteiger partial charge in [-0.05, 0) is 42.0 Å². The Balaban J connectivity index is 0.000000162. The highest BCUT2D eigenvalue weighted by atomic mass is 19.1. The Hall–Kier alpha value is -3.12. The second-order valence-corrected chi connectivity index (χ2v) is 5.06. The second-order valence-electron chi connectivity index (χ2n) is 5.06. The van der Waals surface area contributed by atoms with E-state index >= 15 is 0 Å². The number of ether oxygens (including phenoxy) is 2. The maximum Gasteiger partial charge on any atom is 0.231 e. The van der Waals surface area contributed by atoms with Gasteiger partial charge in [-0.25, -0.2) is 4.39 Å². The summed E-state index contributed by atoms with van der Waals surface area (Å²) in [6, 6.07) is 13.2. The Morgan fingerprint density at radius 3 is 2.50 bits per heavy atom. The molecule has 0 fully saturated rings. The van der Waals surface area contributed by atoms with Crippen molar-refractivity contribution >= 4 is 17.8 Å². The standard InChI is InChI=1S/C12H8O3.C6H7FN2/c13-10-6-9(10)3-1-8-2-4-11-12(5-8)15-7-14-11;7-5-2-1-3-6(4-5)9-8/h1-6H,7H2;1-4,9H,8H2. The highest BCUT2D eigenvalue weighted by Crippen LogP contribution is 2.32. The number of hydrazine groups is 1. The van der Waals surface area contributed by atoms with Gasteiger partial charge in [0.2, 0.25) is 6.79 Å². The van der Waals surface area contributed by atoms with E-state index in [1.165, 1.54) is 12.1 Å². The number of halogens is 1. The molecular formula is C18H15FN2O3. The van der Waals surface area contributed by atoms with Crippen molar-refractivity contribution in [3.8, 4) is 11.5 Å². The van der Waals surface area contributed by atoms with Crippen LogP contribution in [0, 0.1) is 5.82 Å². The van der Waals surface area contributed by atoms with E-state index < -0.39 is 0 Å². The van der Waals surface area contributed by atoms with Crippen LogP contribution in [0.25, 0.3) is 12.2 Å². The lowest BCUT2D eigenvalue weighted by Gasteiger charge is -1.96. The lowest BCUT2D eigenvalue weighted by atomic mass is 10.2. The molecule has 122 valence electrons. The number of anilines is 1. The zero-order valence-corrected chi connectivity index (χ0v) is 12.7. The van der Waals surface area contributed by atoms with Gasteiger partial charge < -0.3 is 14.9 Å². The summed E-state index contributed by atoms with van der Waals surface area (Å²) in [7, 11) is 0. The first-order valence-corrected chi connectivity index (χ1v) is 7.21. The largest absolute Gasteiger partial charge is 0.454 e. The van der Waals surface area contributed by atoms with Crippen LogP contribution in [0.3, 0.4) is 0 Å². The molecule has 0 unspecified atom stereocenters. The monoisotopic (exact) mass is 326 g/mol. The molecule has 24 heavy (non-hydrogen) atoms. The van der Waals surface area contributed by atoms with Gasteiger partial charge in [0.25, 0.3) is 0 Å². The first-order valence-electron chi connectivity index (χ1n) is 7.21. The highest BCUT2D eigenvalue weighted by molar-refractivity contribution is 5.73. The van der Waals surface area contributed by atoms with Gasteiger partial charge in [-0.3, -0.25) is 10.6 Å². The lowest BCUT2D eigenvalue weighted by molar-refractivity contribution is 0.174. The van der Waals surface area contributed by atoms with Crippen LogP contribution in [0.4, 0.5) is 10.1 Å². The molecule has 0 amide bonds. The third-order valence-corrected chi connectivity index (χ3v) is 3.33. The normalized spacial score (nSPS) is 12.2. The fourth-order valence-electron chi connectivity index (χ4n) is 2.02. The van der Waals surface area contributed by atoms with Gasteiger partial charge in [-0.15, -0.1) is 0 Å². The fraction of sp³-hybridized carbons (Fsp3) is 0.0556. The van der Waals surface area contributed by atoms with Crippen molar-refractivity contribution in [2.45, 2.75) is 0 Å². The van der Waals surface area contributed by atoms with Gasteiger partial charge in [0.1, 0.15) is 5.82 Å². The van der Waals surface area contributed by atoms with E-state index in [-0.39, 0.29) is 18.0 Å². The van der Waals surface area contributed by atoms with Crippen LogP contribution in [0.15, 0.2) is 53.3 Å². The van der Waals surface area contributed by atoms with Crippen molar-refractivity contribution in [2.24, 2.45) is 5.84 Å². The third-order valence-electron chi connectivity index (χ3n) is 3.33. The Morgan fingerprint density at radius 1 is 1.04 bits per heavy atom. The van der Waals surface area contributed by atoms with Crippen LogP contribution in [-0.4, -0.2) is 6.79 Å². The summed E-state index contributed by atoms with van der Waals surface area (Å²) in [6.45, 7) is 0.284. The van der Waals surface area contributed by atoms with Crippen molar-refractivity contribution in [2.75, 3.05) is 12.2 Å². The Labute approximate surface area is 137 Å². The van der Waals surface area contributed by atoms with Crippen molar-refractivity contribution in [1.82, 2.24) is 0 Å². The van der Waals surface area contributed by atoms with E-state index in [9.17, 15) is 9.18 Å². The molecule has 4 rings (SSSR count). The Morgan fingerprint density at radius 2 is 1.83 bits per heavy atom. The molecule has 1 aliphatic heterocycles. The summed E-state index contributed by atoms with van der Waals surface area (Å²) < 4.78 is 22.7. The first-order chi connectivity index (χ1) is 11.7. The fourth-order valence-corrected chi connectivity index (χ4v) is 2.02. The molecule has 1 heterocycles. The molecule has 0 saturated heterocycles. The van der Waals surface area contributed by atoms with E-state index in [1.54, 1.807) is 24.3 Å². The number of nitrogens with two attached hydrogens (primary N) is 1. The van der Waals surface area contributed by atoms with E-state index in [0.717, 1.165) is 22.6 Å². The predicted molar refractivity (Wildman–Crippen MR) is 90.8 cm³/mol. The number of rotatable bonds is 3. The Bertz CT molecular complexity index is 882. The molecule has 0 radical (unpaired) electrons. The maximum absolute atomic E-state index is 12.3. The summed E-state index contributed by atoms with van der Waals surface area (Å²) in [5.74, 6) is 6.25. The predicted octanol–water partition coefficient (Wildman–Crippen LogP) is 2.93. The average molecular weight is 326 g/mol. The summed E-state index contributed by atoms with van der Waals surface area (Å²) in [5.41, 5.74) is 4.79. The van der Waals surface area contributed by atoms with Crippen LogP contribution in [0.1, 0.15) is 11.1 Å². The molecule has 3 N–H and O–H groups in total. The minimum Gasteiger partial charge on any atom is -0.454 e. The zero-order chi connectivity index (χ0) is 16.9. The lowest BCUT2D eigenvalue weighted by Crippen LogP contribution is -2.06. The molecule has 6 heteroatoms. The molecule has 0 bridgehead atoms. The summed E-state index contributed by atoms with van der Waals surface area (Å²) in [4.78, 5) is 10.7. The van der Waals surface area contributed by atoms with Crippen molar-refractivity contribution in [3.63, 3.8) is 0 Å². The molecule has 0 atom stereocenters. The van der Waals surface area contributed by atoms with Crippen LogP contribution in [-0.2, 0) is 0 Å². The van der Waals surface area contributed by atoms with Gasteiger partial charge in [0, 0.05) is 5.56 Å². The minimum absolute atomic E-state index is 0.118. The molecular weight excluding hydrogens is 311 g/mol. The van der Waals surface area contributed by atoms with Gasteiger partial charge in [0.05, 0.1) is 5.69 Å². The van der Waals surface area contributed by atoms with Crippen molar-refractivity contribution in [1.29, 1.82) is 0 Å². The van der Waals surface area contributed by atoms with Crippen molar-refractivity contribution < 1.29 is 13.9 Å². The summed E-state index contributed by atoms with van der Waals surface area (Å²) in [6.07, 6.45) is 3.69. The molecule has 0 aromatic heterocycles. The summed E-state index contributed by atoms with van der Waals surface area (Å²) in [5, 5.41) is 0. The Kier molecular flexibility index (Phi) is 4.58. The van der Waals surface area contributed by atoms with Crippen LogP contribution >= 0.6 is 0 Å². The van der Waals surface area contributed by atoms with Gasteiger partial charge >= 0.3 is 0 Å². The average Bonchev–Trinajstić information content (AvgIpc) is 3.10. The highest BCUT2D eigenvalue weighted by Gasteiger charge is 2.12. The molecule has 3 aromatic rings. The number of hydrogen-bond donors (Lipinski definition) is 2. The van der Waals surface area contributed by atoms with E-state index in [1.807, 2.05) is 24.3 Å². The third kappa shape index (κ3) is 3.99. The van der Waals surface area contributed by atoms with Crippen molar-refractivity contribution in [3.05, 3.63) is 75.7 Å². The van der Waals surface area contributed by atoms with Gasteiger partial charge in [0.15, 0.2) is 16.9 Å². The molecule has 0 saturated carbocycles. The second kappa shape index (κ2) is 6.97. The number of benzene rings is 2. The SMILES string of the molecule is NNc1cccc(F)c1.O=c1cc1C=Cc1ccc2c(c1)OCO2. The summed E-state index contributed by atoms with van der Waals surface area (Å²) >= 11 is 0. The molecule has 1 aliphatic rings.